The fourth-order valence-electron chi connectivity index (χ4n) is 2.33. The molecule has 0 radical (unpaired) electrons. The van der Waals surface area contributed by atoms with Crippen molar-refractivity contribution in [1.82, 2.24) is 4.90 Å². The molecule has 2 unspecified atom stereocenters. The summed E-state index contributed by atoms with van der Waals surface area (Å²) in [6, 6.07) is 6.25. The predicted octanol–water partition coefficient (Wildman–Crippen LogP) is 3.12. The van der Waals surface area contributed by atoms with E-state index >= 15 is 0 Å². The summed E-state index contributed by atoms with van der Waals surface area (Å²) in [6.45, 7) is 8.10. The van der Waals surface area contributed by atoms with Gasteiger partial charge < -0.3 is 5.73 Å². The Bertz CT molecular complexity index is 368. The minimum absolute atomic E-state index is 0.813. The van der Waals surface area contributed by atoms with Gasteiger partial charge in [-0.2, -0.15) is 0 Å². The van der Waals surface area contributed by atoms with Crippen LogP contribution in [0.4, 0.5) is 5.69 Å². The summed E-state index contributed by atoms with van der Waals surface area (Å²) in [4.78, 5) is 2.51. The third kappa shape index (κ3) is 2.58. The Labute approximate surface area is 106 Å². The van der Waals surface area contributed by atoms with Gasteiger partial charge in [-0.25, -0.2) is 0 Å². The van der Waals surface area contributed by atoms with Crippen LogP contribution in [0.5, 0.6) is 0 Å². The van der Waals surface area contributed by atoms with Crippen LogP contribution in [-0.2, 0) is 6.54 Å². The van der Waals surface area contributed by atoms with Crippen molar-refractivity contribution in [3.05, 3.63) is 28.2 Å². The fourth-order valence-corrected chi connectivity index (χ4v) is 2.57. The second kappa shape index (κ2) is 4.76. The molecular formula is C13H19BrN2. The Morgan fingerprint density at radius 2 is 1.94 bits per heavy atom. The van der Waals surface area contributed by atoms with Gasteiger partial charge in [0.05, 0.1) is 0 Å². The van der Waals surface area contributed by atoms with Gasteiger partial charge in [-0.15, -0.1) is 0 Å². The molecule has 2 N–H and O–H groups in total. The molecule has 3 heteroatoms. The highest BCUT2D eigenvalue weighted by Crippen LogP contribution is 2.25. The van der Waals surface area contributed by atoms with E-state index in [2.05, 4.69) is 46.8 Å². The zero-order valence-electron chi connectivity index (χ0n) is 9.91. The van der Waals surface area contributed by atoms with Crippen LogP contribution in [0.2, 0.25) is 0 Å². The third-order valence-corrected chi connectivity index (χ3v) is 4.25. The fraction of sp³-hybridized carbons (Fsp3) is 0.538. The zero-order valence-corrected chi connectivity index (χ0v) is 11.5. The van der Waals surface area contributed by atoms with Gasteiger partial charge in [0, 0.05) is 29.8 Å². The highest BCUT2D eigenvalue weighted by Gasteiger charge is 2.25. The van der Waals surface area contributed by atoms with Gasteiger partial charge in [-0.1, -0.05) is 19.9 Å². The summed E-state index contributed by atoms with van der Waals surface area (Å²) in [7, 11) is 0. The minimum atomic E-state index is 0.813. The molecule has 2 rings (SSSR count). The summed E-state index contributed by atoms with van der Waals surface area (Å²) in [6.07, 6.45) is 0. The van der Waals surface area contributed by atoms with Crippen LogP contribution >= 0.6 is 15.9 Å². The van der Waals surface area contributed by atoms with Gasteiger partial charge >= 0.3 is 0 Å². The molecule has 1 fully saturated rings. The molecule has 1 heterocycles. The summed E-state index contributed by atoms with van der Waals surface area (Å²) >= 11 is 3.42. The van der Waals surface area contributed by atoms with Crippen LogP contribution in [-0.4, -0.2) is 18.0 Å². The number of benzene rings is 1. The molecule has 0 spiro atoms. The first-order valence-corrected chi connectivity index (χ1v) is 6.62. The lowest BCUT2D eigenvalue weighted by molar-refractivity contribution is 0.316. The summed E-state index contributed by atoms with van der Waals surface area (Å²) in [5.74, 6) is 1.63. The normalized spacial score (nSPS) is 26.2. The SMILES string of the molecule is CC1CN(Cc2ccc(Br)c(N)c2)CC1C. The van der Waals surface area contributed by atoms with Crippen molar-refractivity contribution in [2.45, 2.75) is 20.4 Å². The van der Waals surface area contributed by atoms with Crippen LogP contribution in [0, 0.1) is 11.8 Å². The molecule has 1 aromatic carbocycles. The number of nitrogen functional groups attached to an aromatic ring is 1. The molecule has 0 aromatic heterocycles. The van der Waals surface area contributed by atoms with Gasteiger partial charge in [-0.05, 0) is 45.5 Å². The highest BCUT2D eigenvalue weighted by atomic mass is 79.9. The molecule has 0 amide bonds. The summed E-state index contributed by atoms with van der Waals surface area (Å²) < 4.78 is 0.986. The molecule has 0 aliphatic carbocycles. The average molecular weight is 283 g/mol. The lowest BCUT2D eigenvalue weighted by atomic mass is 10.0. The Morgan fingerprint density at radius 1 is 1.31 bits per heavy atom. The van der Waals surface area contributed by atoms with Gasteiger partial charge in [0.15, 0.2) is 0 Å². The first-order valence-electron chi connectivity index (χ1n) is 5.82. The molecule has 2 nitrogen and oxygen atoms in total. The largest absolute Gasteiger partial charge is 0.398 e. The third-order valence-electron chi connectivity index (χ3n) is 3.53. The van der Waals surface area contributed by atoms with E-state index in [0.717, 1.165) is 28.5 Å². The van der Waals surface area contributed by atoms with Crippen molar-refractivity contribution in [3.63, 3.8) is 0 Å². The Kier molecular flexibility index (Phi) is 3.55. The maximum absolute atomic E-state index is 5.88. The molecule has 88 valence electrons. The van der Waals surface area contributed by atoms with Crippen LogP contribution in [0.1, 0.15) is 19.4 Å². The van der Waals surface area contributed by atoms with E-state index < -0.39 is 0 Å². The number of halogens is 1. The monoisotopic (exact) mass is 282 g/mol. The van der Waals surface area contributed by atoms with Gasteiger partial charge in [0.25, 0.3) is 0 Å². The Hall–Kier alpha value is -0.540. The molecule has 0 saturated carbocycles. The topological polar surface area (TPSA) is 29.3 Å². The van der Waals surface area contributed by atoms with E-state index in [1.807, 2.05) is 6.07 Å². The zero-order chi connectivity index (χ0) is 11.7. The molecule has 16 heavy (non-hydrogen) atoms. The number of nitrogens with zero attached hydrogens (tertiary/aromatic N) is 1. The maximum Gasteiger partial charge on any atom is 0.0461 e. The average Bonchev–Trinajstić information content (AvgIpc) is 2.52. The lowest BCUT2D eigenvalue weighted by Gasteiger charge is -2.15. The first kappa shape index (κ1) is 11.9. The smallest absolute Gasteiger partial charge is 0.0461 e. The van der Waals surface area contributed by atoms with E-state index in [4.69, 9.17) is 5.73 Å². The Morgan fingerprint density at radius 3 is 2.50 bits per heavy atom. The van der Waals surface area contributed by atoms with Crippen molar-refractivity contribution in [2.75, 3.05) is 18.8 Å². The molecular weight excluding hydrogens is 264 g/mol. The second-order valence-electron chi connectivity index (χ2n) is 5.00. The van der Waals surface area contributed by atoms with Crippen molar-refractivity contribution >= 4 is 21.6 Å². The van der Waals surface area contributed by atoms with Crippen LogP contribution < -0.4 is 5.73 Å². The minimum Gasteiger partial charge on any atom is -0.398 e. The first-order chi connectivity index (χ1) is 7.56. The maximum atomic E-state index is 5.88. The lowest BCUT2D eigenvalue weighted by Crippen LogP contribution is -2.20. The van der Waals surface area contributed by atoms with Crippen molar-refractivity contribution < 1.29 is 0 Å². The summed E-state index contributed by atoms with van der Waals surface area (Å²) in [5.41, 5.74) is 8.02. The van der Waals surface area contributed by atoms with E-state index in [0.29, 0.717) is 0 Å². The van der Waals surface area contributed by atoms with Crippen molar-refractivity contribution in [3.8, 4) is 0 Å². The highest BCUT2D eigenvalue weighted by molar-refractivity contribution is 9.10. The van der Waals surface area contributed by atoms with Crippen molar-refractivity contribution in [2.24, 2.45) is 11.8 Å². The van der Waals surface area contributed by atoms with Gasteiger partial charge in [0.1, 0.15) is 0 Å². The molecule has 1 aromatic rings. The van der Waals surface area contributed by atoms with E-state index in [-0.39, 0.29) is 0 Å². The number of nitrogens with two attached hydrogens (primary N) is 1. The predicted molar refractivity (Wildman–Crippen MR) is 72.2 cm³/mol. The van der Waals surface area contributed by atoms with Gasteiger partial charge in [0.2, 0.25) is 0 Å². The second-order valence-corrected chi connectivity index (χ2v) is 5.86. The standard InChI is InChI=1S/C13H19BrN2/c1-9-6-16(7-10(9)2)8-11-3-4-12(14)13(15)5-11/h3-5,9-10H,6-8,15H2,1-2H3. The van der Waals surface area contributed by atoms with Crippen LogP contribution in [0.3, 0.4) is 0 Å². The van der Waals surface area contributed by atoms with Crippen LogP contribution in [0.25, 0.3) is 0 Å². The quantitative estimate of drug-likeness (QED) is 0.845. The van der Waals surface area contributed by atoms with E-state index in [1.54, 1.807) is 0 Å². The molecule has 1 aliphatic rings. The van der Waals surface area contributed by atoms with Gasteiger partial charge in [-0.3, -0.25) is 4.90 Å². The number of rotatable bonds is 2. The number of hydrogen-bond acceptors (Lipinski definition) is 2. The molecule has 0 bridgehead atoms. The number of anilines is 1. The number of hydrogen-bond donors (Lipinski definition) is 1. The summed E-state index contributed by atoms with van der Waals surface area (Å²) in [5, 5.41) is 0. The van der Waals surface area contributed by atoms with E-state index in [1.165, 1.54) is 18.7 Å². The molecule has 1 aliphatic heterocycles. The molecule has 1 saturated heterocycles. The van der Waals surface area contributed by atoms with E-state index in [9.17, 15) is 0 Å². The number of likely N-dealkylation sites (tertiary alicyclic amines) is 1. The van der Waals surface area contributed by atoms with Crippen LogP contribution in [0.15, 0.2) is 22.7 Å². The Balaban J connectivity index is 2.02. The van der Waals surface area contributed by atoms with Crippen molar-refractivity contribution in [1.29, 1.82) is 0 Å². The molecule has 2 atom stereocenters.